The molecule has 0 unspecified atom stereocenters. The number of carboxylic acid groups (broad SMARTS) is 1. The fraction of sp³-hybridized carbons (Fsp3) is 0.200. The molecule has 0 heterocycles. The Kier molecular flexibility index (Phi) is 4.45. The summed E-state index contributed by atoms with van der Waals surface area (Å²) in [6.45, 7) is 0.266. The molecule has 5 nitrogen and oxygen atoms in total. The summed E-state index contributed by atoms with van der Waals surface area (Å²) < 4.78 is 0.851. The highest BCUT2D eigenvalue weighted by atomic mass is 79.9. The summed E-state index contributed by atoms with van der Waals surface area (Å²) in [6, 6.07) is 5.19. The molecule has 0 spiro atoms. The Morgan fingerprint density at radius 1 is 1.44 bits per heavy atom. The number of nitrogens with one attached hydrogen (secondary N) is 1. The Morgan fingerprint density at radius 3 is 2.69 bits per heavy atom. The van der Waals surface area contributed by atoms with E-state index in [0.29, 0.717) is 5.69 Å². The molecule has 86 valence electrons. The molecule has 0 aliphatic carbocycles. The van der Waals surface area contributed by atoms with Gasteiger partial charge in [-0.2, -0.15) is 0 Å². The van der Waals surface area contributed by atoms with Crippen molar-refractivity contribution in [3.8, 4) is 0 Å². The molecule has 0 bridgehead atoms. The monoisotopic (exact) mass is 286 g/mol. The van der Waals surface area contributed by atoms with Gasteiger partial charge in [-0.3, -0.25) is 9.59 Å². The van der Waals surface area contributed by atoms with E-state index in [0.717, 1.165) is 10.0 Å². The Labute approximate surface area is 101 Å². The maximum atomic E-state index is 11.2. The SMILES string of the molecule is NCc1cc(Br)ccc1NC(=O)CC(=O)O. The molecule has 0 radical (unpaired) electrons. The van der Waals surface area contributed by atoms with Gasteiger partial charge in [-0.25, -0.2) is 0 Å². The second-order valence-electron chi connectivity index (χ2n) is 3.12. The summed E-state index contributed by atoms with van der Waals surface area (Å²) in [5.74, 6) is -1.73. The second kappa shape index (κ2) is 5.62. The van der Waals surface area contributed by atoms with Crippen molar-refractivity contribution in [3.05, 3.63) is 28.2 Å². The topological polar surface area (TPSA) is 92.4 Å². The van der Waals surface area contributed by atoms with Gasteiger partial charge in [0.25, 0.3) is 0 Å². The van der Waals surface area contributed by atoms with Gasteiger partial charge in [0.15, 0.2) is 0 Å². The quantitative estimate of drug-likeness (QED) is 0.728. The molecule has 1 amide bonds. The number of anilines is 1. The third-order valence-corrected chi connectivity index (χ3v) is 2.37. The van der Waals surface area contributed by atoms with E-state index >= 15 is 0 Å². The second-order valence-corrected chi connectivity index (χ2v) is 4.04. The highest BCUT2D eigenvalue weighted by Gasteiger charge is 2.09. The van der Waals surface area contributed by atoms with Crippen LogP contribution < -0.4 is 11.1 Å². The fourth-order valence-corrected chi connectivity index (χ4v) is 1.59. The Morgan fingerprint density at radius 2 is 2.12 bits per heavy atom. The minimum absolute atomic E-state index is 0.266. The molecule has 0 saturated heterocycles. The molecule has 0 aliphatic rings. The van der Waals surface area contributed by atoms with Gasteiger partial charge >= 0.3 is 5.97 Å². The number of rotatable bonds is 4. The van der Waals surface area contributed by atoms with Gasteiger partial charge in [0.2, 0.25) is 5.91 Å². The van der Waals surface area contributed by atoms with Crippen molar-refractivity contribution in [1.29, 1.82) is 0 Å². The van der Waals surface area contributed by atoms with Crippen molar-refractivity contribution in [2.24, 2.45) is 5.73 Å². The van der Waals surface area contributed by atoms with Crippen LogP contribution in [0.1, 0.15) is 12.0 Å². The van der Waals surface area contributed by atoms with Crippen LogP contribution in [-0.2, 0) is 16.1 Å². The van der Waals surface area contributed by atoms with E-state index in [1.807, 2.05) is 0 Å². The summed E-state index contributed by atoms with van der Waals surface area (Å²) in [6.07, 6.45) is -0.555. The number of carbonyl (C=O) groups excluding carboxylic acids is 1. The molecule has 0 fully saturated rings. The van der Waals surface area contributed by atoms with Gasteiger partial charge < -0.3 is 16.2 Å². The van der Waals surface area contributed by atoms with Crippen LogP contribution in [0.5, 0.6) is 0 Å². The lowest BCUT2D eigenvalue weighted by atomic mass is 10.2. The van der Waals surface area contributed by atoms with Crippen molar-refractivity contribution in [2.45, 2.75) is 13.0 Å². The molecule has 16 heavy (non-hydrogen) atoms. The number of benzene rings is 1. The zero-order valence-electron chi connectivity index (χ0n) is 8.37. The van der Waals surface area contributed by atoms with Gasteiger partial charge in [0, 0.05) is 16.7 Å². The van der Waals surface area contributed by atoms with Gasteiger partial charge in [0.05, 0.1) is 0 Å². The van der Waals surface area contributed by atoms with Gasteiger partial charge in [-0.1, -0.05) is 15.9 Å². The number of amides is 1. The summed E-state index contributed by atoms with van der Waals surface area (Å²) >= 11 is 3.28. The normalized spacial score (nSPS) is 9.88. The van der Waals surface area contributed by atoms with Crippen LogP contribution in [0.25, 0.3) is 0 Å². The largest absolute Gasteiger partial charge is 0.481 e. The van der Waals surface area contributed by atoms with Crippen molar-refractivity contribution in [3.63, 3.8) is 0 Å². The first kappa shape index (κ1) is 12.7. The third-order valence-electron chi connectivity index (χ3n) is 1.87. The average Bonchev–Trinajstić information content (AvgIpc) is 2.19. The van der Waals surface area contributed by atoms with Crippen LogP contribution in [0.15, 0.2) is 22.7 Å². The van der Waals surface area contributed by atoms with Gasteiger partial charge in [-0.15, -0.1) is 0 Å². The first-order valence-electron chi connectivity index (χ1n) is 4.53. The predicted molar refractivity (Wildman–Crippen MR) is 62.9 cm³/mol. The fourth-order valence-electron chi connectivity index (χ4n) is 1.18. The van der Waals surface area contributed by atoms with Crippen molar-refractivity contribution in [1.82, 2.24) is 0 Å². The maximum Gasteiger partial charge on any atom is 0.312 e. The lowest BCUT2D eigenvalue weighted by molar-refractivity contribution is -0.139. The summed E-state index contributed by atoms with van der Waals surface area (Å²) in [4.78, 5) is 21.5. The lowest BCUT2D eigenvalue weighted by Crippen LogP contribution is -2.17. The first-order valence-corrected chi connectivity index (χ1v) is 5.32. The van der Waals surface area contributed by atoms with Gasteiger partial charge in [0.1, 0.15) is 6.42 Å². The van der Waals surface area contributed by atoms with E-state index in [1.165, 1.54) is 0 Å². The van der Waals surface area contributed by atoms with E-state index in [2.05, 4.69) is 21.2 Å². The Bertz CT molecular complexity index is 421. The highest BCUT2D eigenvalue weighted by Crippen LogP contribution is 2.20. The zero-order chi connectivity index (χ0) is 12.1. The molecular formula is C10H11BrN2O3. The van der Waals surface area contributed by atoms with Crippen molar-refractivity contribution < 1.29 is 14.7 Å². The highest BCUT2D eigenvalue weighted by molar-refractivity contribution is 9.10. The van der Waals surface area contributed by atoms with Crippen molar-refractivity contribution in [2.75, 3.05) is 5.32 Å². The molecule has 4 N–H and O–H groups in total. The molecule has 1 aromatic carbocycles. The summed E-state index contributed by atoms with van der Waals surface area (Å²) in [5.41, 5.74) is 6.79. The van der Waals surface area contributed by atoms with Crippen LogP contribution in [0.3, 0.4) is 0 Å². The van der Waals surface area contributed by atoms with Crippen LogP contribution in [0.2, 0.25) is 0 Å². The number of carbonyl (C=O) groups is 2. The number of hydrogen-bond donors (Lipinski definition) is 3. The molecule has 1 rings (SSSR count). The number of nitrogens with two attached hydrogens (primary N) is 1. The minimum Gasteiger partial charge on any atom is -0.481 e. The molecule has 0 aliphatic heterocycles. The molecular weight excluding hydrogens is 276 g/mol. The standard InChI is InChI=1S/C10H11BrN2O3/c11-7-1-2-8(6(3-7)5-12)13-9(14)4-10(15)16/h1-3H,4-5,12H2,(H,13,14)(H,15,16). The average molecular weight is 287 g/mol. The Hall–Kier alpha value is -1.40. The molecule has 0 aromatic heterocycles. The van der Waals surface area contributed by atoms with Crippen LogP contribution >= 0.6 is 15.9 Å². The number of aliphatic carboxylic acids is 1. The molecule has 1 aromatic rings. The molecule has 6 heteroatoms. The number of carboxylic acids is 1. The molecule has 0 atom stereocenters. The van der Waals surface area contributed by atoms with Crippen LogP contribution in [0, 0.1) is 0 Å². The lowest BCUT2D eigenvalue weighted by Gasteiger charge is -2.09. The van der Waals surface area contributed by atoms with Crippen LogP contribution in [0.4, 0.5) is 5.69 Å². The summed E-state index contributed by atoms with van der Waals surface area (Å²) in [7, 11) is 0. The van der Waals surface area contributed by atoms with Crippen molar-refractivity contribution >= 4 is 33.5 Å². The van der Waals surface area contributed by atoms with Crippen LogP contribution in [-0.4, -0.2) is 17.0 Å². The van der Waals surface area contributed by atoms with E-state index in [-0.39, 0.29) is 6.54 Å². The smallest absolute Gasteiger partial charge is 0.312 e. The van der Waals surface area contributed by atoms with E-state index < -0.39 is 18.3 Å². The van der Waals surface area contributed by atoms with E-state index in [9.17, 15) is 9.59 Å². The number of hydrogen-bond acceptors (Lipinski definition) is 3. The summed E-state index contributed by atoms with van der Waals surface area (Å²) in [5, 5.41) is 10.9. The van der Waals surface area contributed by atoms with Gasteiger partial charge in [-0.05, 0) is 23.8 Å². The Balaban J connectivity index is 2.80. The van der Waals surface area contributed by atoms with E-state index in [1.54, 1.807) is 18.2 Å². The third kappa shape index (κ3) is 3.63. The predicted octanol–water partition coefficient (Wildman–Crippen LogP) is 1.32. The number of halogens is 1. The molecule has 0 saturated carbocycles. The minimum atomic E-state index is -1.16. The maximum absolute atomic E-state index is 11.2. The van der Waals surface area contributed by atoms with E-state index in [4.69, 9.17) is 10.8 Å². The first-order chi connectivity index (χ1) is 7.52. The zero-order valence-corrected chi connectivity index (χ0v) is 9.95.